The normalized spacial score (nSPS) is 10.8. The number of carbonyl (C=O) groups is 1. The Labute approximate surface area is 190 Å². The van der Waals surface area contributed by atoms with Gasteiger partial charge in [-0.3, -0.25) is 9.36 Å². The number of aromatic nitrogens is 3. The maximum atomic E-state index is 13.4. The van der Waals surface area contributed by atoms with E-state index in [2.05, 4.69) is 10.2 Å². The number of thioether (sulfide) groups is 1. The van der Waals surface area contributed by atoms with Crippen molar-refractivity contribution < 1.29 is 13.9 Å². The van der Waals surface area contributed by atoms with Crippen LogP contribution in [0.3, 0.4) is 0 Å². The number of benzene rings is 3. The fraction of sp³-hybridized carbons (Fsp3) is 0.160. The summed E-state index contributed by atoms with van der Waals surface area (Å²) in [7, 11) is 0. The number of nitrogens with zero attached hydrogens (tertiary/aromatic N) is 3. The first kappa shape index (κ1) is 21.8. The van der Waals surface area contributed by atoms with E-state index in [4.69, 9.17) is 4.74 Å². The number of hydrogen-bond acceptors (Lipinski definition) is 5. The Kier molecular flexibility index (Phi) is 6.66. The van der Waals surface area contributed by atoms with Gasteiger partial charge in [-0.1, -0.05) is 30.0 Å². The average Bonchev–Trinajstić information content (AvgIpc) is 3.23. The van der Waals surface area contributed by atoms with Crippen molar-refractivity contribution in [3.63, 3.8) is 0 Å². The molecule has 0 N–H and O–H groups in total. The van der Waals surface area contributed by atoms with Gasteiger partial charge in [0.15, 0.2) is 16.8 Å². The summed E-state index contributed by atoms with van der Waals surface area (Å²) < 4.78 is 21.2. The molecule has 0 fully saturated rings. The molecule has 5 nitrogen and oxygen atoms in total. The predicted molar refractivity (Wildman–Crippen MR) is 124 cm³/mol. The molecule has 4 rings (SSSR count). The van der Waals surface area contributed by atoms with Gasteiger partial charge in [-0.2, -0.15) is 0 Å². The average molecular weight is 448 g/mol. The predicted octanol–water partition coefficient (Wildman–Crippen LogP) is 5.97. The van der Waals surface area contributed by atoms with Crippen molar-refractivity contribution >= 4 is 17.5 Å². The van der Waals surface area contributed by atoms with E-state index in [9.17, 15) is 9.18 Å². The molecular weight excluding hydrogens is 425 g/mol. The van der Waals surface area contributed by atoms with Crippen LogP contribution in [0, 0.1) is 5.82 Å². The van der Waals surface area contributed by atoms with Gasteiger partial charge in [0.2, 0.25) is 0 Å². The molecule has 0 aliphatic rings. The molecule has 3 aromatic carbocycles. The number of ether oxygens (including phenoxy) is 1. The summed E-state index contributed by atoms with van der Waals surface area (Å²) in [4.78, 5) is 11.9. The minimum Gasteiger partial charge on any atom is -0.494 e. The number of Topliss-reactive ketones (excluding diaryl/α,β-unsaturated/α-hetero) is 1. The summed E-state index contributed by atoms with van der Waals surface area (Å²) in [6, 6.07) is 21.5. The van der Waals surface area contributed by atoms with E-state index < -0.39 is 0 Å². The van der Waals surface area contributed by atoms with Crippen molar-refractivity contribution in [3.8, 4) is 22.8 Å². The maximum absolute atomic E-state index is 13.4. The highest BCUT2D eigenvalue weighted by atomic mass is 32.2. The van der Waals surface area contributed by atoms with Gasteiger partial charge in [-0.05, 0) is 68.4 Å². The lowest BCUT2D eigenvalue weighted by Gasteiger charge is -2.13. The summed E-state index contributed by atoms with van der Waals surface area (Å²) >= 11 is 1.50. The number of hydrogen-bond donors (Lipinski definition) is 0. The van der Waals surface area contributed by atoms with Gasteiger partial charge < -0.3 is 4.74 Å². The first-order valence-corrected chi connectivity index (χ1v) is 11.2. The third-order valence-electron chi connectivity index (χ3n) is 4.87. The van der Waals surface area contributed by atoms with Crippen LogP contribution < -0.4 is 4.74 Å². The van der Waals surface area contributed by atoms with Gasteiger partial charge in [0.25, 0.3) is 0 Å². The Balaban J connectivity index is 1.71. The van der Waals surface area contributed by atoms with E-state index in [1.807, 2.05) is 54.0 Å². The minimum absolute atomic E-state index is 0.00495. The number of halogens is 1. The third kappa shape index (κ3) is 4.73. The molecule has 0 aliphatic carbocycles. The topological polar surface area (TPSA) is 57.0 Å². The third-order valence-corrected chi connectivity index (χ3v) is 5.85. The Morgan fingerprint density at radius 3 is 2.47 bits per heavy atom. The van der Waals surface area contributed by atoms with Crippen LogP contribution in [0.25, 0.3) is 17.1 Å². The van der Waals surface area contributed by atoms with Crippen LogP contribution in [0.15, 0.2) is 78.0 Å². The van der Waals surface area contributed by atoms with Crippen LogP contribution in [0.1, 0.15) is 29.8 Å². The summed E-state index contributed by atoms with van der Waals surface area (Å²) in [5.74, 6) is 1.62. The molecule has 0 unspecified atom stereocenters. The van der Waals surface area contributed by atoms with Crippen molar-refractivity contribution in [2.45, 2.75) is 24.8 Å². The molecule has 0 saturated heterocycles. The minimum atomic E-state index is -0.303. The number of rotatable bonds is 8. The summed E-state index contributed by atoms with van der Waals surface area (Å²) in [5.41, 5.74) is 3.22. The largest absolute Gasteiger partial charge is 0.494 e. The zero-order valence-corrected chi connectivity index (χ0v) is 18.6. The van der Waals surface area contributed by atoms with Crippen LogP contribution in [-0.4, -0.2) is 27.2 Å². The number of para-hydroxylation sites is 1. The van der Waals surface area contributed by atoms with Crippen molar-refractivity contribution in [2.75, 3.05) is 6.61 Å². The molecule has 7 heteroatoms. The molecule has 0 aliphatic heterocycles. The van der Waals surface area contributed by atoms with Crippen LogP contribution in [0.2, 0.25) is 0 Å². The van der Waals surface area contributed by atoms with E-state index in [1.165, 1.54) is 23.9 Å². The van der Waals surface area contributed by atoms with Crippen molar-refractivity contribution in [2.24, 2.45) is 0 Å². The molecule has 162 valence electrons. The summed E-state index contributed by atoms with van der Waals surface area (Å²) in [6.07, 6.45) is 0. The Morgan fingerprint density at radius 1 is 1.03 bits per heavy atom. The Bertz CT molecular complexity index is 1220. The molecule has 0 atom stereocenters. The van der Waals surface area contributed by atoms with Crippen molar-refractivity contribution in [1.82, 2.24) is 14.8 Å². The van der Waals surface area contributed by atoms with E-state index in [0.717, 1.165) is 22.6 Å². The first-order chi connectivity index (χ1) is 15.6. The standard InChI is InChI=1S/C25H22FN3O2S/c1-3-31-23-14-11-19(17(2)30)15-20(23)16-32-25-28-27-24(18-9-12-21(26)13-10-18)29(25)22-7-5-4-6-8-22/h4-15H,3,16H2,1-2H3. The van der Waals surface area contributed by atoms with Gasteiger partial charge in [-0.25, -0.2) is 4.39 Å². The van der Waals surface area contributed by atoms with Gasteiger partial charge in [-0.15, -0.1) is 10.2 Å². The first-order valence-electron chi connectivity index (χ1n) is 10.2. The summed E-state index contributed by atoms with van der Waals surface area (Å²) in [5, 5.41) is 9.49. The van der Waals surface area contributed by atoms with Gasteiger partial charge in [0.05, 0.1) is 6.61 Å². The molecule has 32 heavy (non-hydrogen) atoms. The molecule has 0 amide bonds. The summed E-state index contributed by atoms with van der Waals surface area (Å²) in [6.45, 7) is 4.01. The maximum Gasteiger partial charge on any atom is 0.196 e. The molecule has 4 aromatic rings. The molecule has 0 bridgehead atoms. The zero-order valence-electron chi connectivity index (χ0n) is 17.8. The molecule has 1 aromatic heterocycles. The van der Waals surface area contributed by atoms with E-state index >= 15 is 0 Å². The highest BCUT2D eigenvalue weighted by molar-refractivity contribution is 7.98. The van der Waals surface area contributed by atoms with Crippen LogP contribution in [0.4, 0.5) is 4.39 Å². The molecule has 0 spiro atoms. The quantitative estimate of drug-likeness (QED) is 0.246. The van der Waals surface area contributed by atoms with Crippen LogP contribution >= 0.6 is 11.8 Å². The monoisotopic (exact) mass is 447 g/mol. The lowest BCUT2D eigenvalue weighted by Crippen LogP contribution is -2.01. The second-order valence-corrected chi connectivity index (χ2v) is 8.03. The van der Waals surface area contributed by atoms with E-state index in [1.54, 1.807) is 25.1 Å². The molecular formula is C25H22FN3O2S. The Hall–Kier alpha value is -3.45. The fourth-order valence-corrected chi connectivity index (χ4v) is 4.24. The lowest BCUT2D eigenvalue weighted by molar-refractivity contribution is 0.101. The highest BCUT2D eigenvalue weighted by Gasteiger charge is 2.17. The van der Waals surface area contributed by atoms with E-state index in [-0.39, 0.29) is 11.6 Å². The molecule has 0 saturated carbocycles. The number of ketones is 1. The smallest absolute Gasteiger partial charge is 0.196 e. The second-order valence-electron chi connectivity index (χ2n) is 7.08. The fourth-order valence-electron chi connectivity index (χ4n) is 3.31. The zero-order chi connectivity index (χ0) is 22.5. The molecule has 0 radical (unpaired) electrons. The lowest BCUT2D eigenvalue weighted by atomic mass is 10.1. The van der Waals surface area contributed by atoms with E-state index in [0.29, 0.717) is 28.9 Å². The van der Waals surface area contributed by atoms with Gasteiger partial charge in [0, 0.05) is 28.1 Å². The van der Waals surface area contributed by atoms with Crippen molar-refractivity contribution in [3.05, 3.63) is 89.7 Å². The second kappa shape index (κ2) is 9.78. The van der Waals surface area contributed by atoms with Gasteiger partial charge in [0.1, 0.15) is 11.6 Å². The van der Waals surface area contributed by atoms with Crippen LogP contribution in [-0.2, 0) is 5.75 Å². The highest BCUT2D eigenvalue weighted by Crippen LogP contribution is 2.32. The Morgan fingerprint density at radius 2 is 1.78 bits per heavy atom. The van der Waals surface area contributed by atoms with Gasteiger partial charge >= 0.3 is 0 Å². The molecule has 1 heterocycles. The van der Waals surface area contributed by atoms with Crippen LogP contribution in [0.5, 0.6) is 5.75 Å². The number of carbonyl (C=O) groups excluding carboxylic acids is 1. The SMILES string of the molecule is CCOc1ccc(C(C)=O)cc1CSc1nnc(-c2ccc(F)cc2)n1-c1ccccc1. The van der Waals surface area contributed by atoms with Crippen molar-refractivity contribution in [1.29, 1.82) is 0 Å².